The summed E-state index contributed by atoms with van der Waals surface area (Å²) in [6, 6.07) is 0. The molecule has 0 aromatic rings. The van der Waals surface area contributed by atoms with Gasteiger partial charge in [-0.1, -0.05) is 6.92 Å². The molecule has 0 bridgehead atoms. The van der Waals surface area contributed by atoms with Crippen molar-refractivity contribution in [1.82, 2.24) is 0 Å². The number of hydrogen-bond acceptors (Lipinski definition) is 2. The van der Waals surface area contributed by atoms with Crippen LogP contribution in [0.4, 0.5) is 4.39 Å². The molecule has 12 heavy (non-hydrogen) atoms. The van der Waals surface area contributed by atoms with Crippen LogP contribution in [0.2, 0.25) is 0 Å². The molecule has 0 saturated heterocycles. The number of aliphatic hydroxyl groups is 2. The zero-order chi connectivity index (χ0) is 9.52. The van der Waals surface area contributed by atoms with Crippen LogP contribution in [-0.4, -0.2) is 28.1 Å². The Morgan fingerprint density at radius 1 is 1.25 bits per heavy atom. The molecule has 1 saturated carbocycles. The van der Waals surface area contributed by atoms with E-state index < -0.39 is 23.8 Å². The monoisotopic (exact) mass is 176 g/mol. The van der Waals surface area contributed by atoms with Gasteiger partial charge in [-0.3, -0.25) is 0 Å². The first-order valence-electron chi connectivity index (χ1n) is 4.39. The molecule has 1 aliphatic carbocycles. The topological polar surface area (TPSA) is 40.5 Å². The van der Waals surface area contributed by atoms with Crippen molar-refractivity contribution < 1.29 is 14.6 Å². The van der Waals surface area contributed by atoms with Crippen LogP contribution in [-0.2, 0) is 0 Å². The lowest BCUT2D eigenvalue weighted by Crippen LogP contribution is -2.36. The van der Waals surface area contributed by atoms with E-state index in [0.29, 0.717) is 6.42 Å². The maximum absolute atomic E-state index is 13.4. The Bertz CT molecular complexity index is 164. The van der Waals surface area contributed by atoms with Crippen LogP contribution in [0.3, 0.4) is 0 Å². The van der Waals surface area contributed by atoms with Crippen molar-refractivity contribution >= 4 is 0 Å². The van der Waals surface area contributed by atoms with Gasteiger partial charge in [0.15, 0.2) is 0 Å². The molecule has 0 radical (unpaired) electrons. The van der Waals surface area contributed by atoms with Crippen LogP contribution in [0.25, 0.3) is 0 Å². The van der Waals surface area contributed by atoms with Gasteiger partial charge in [0, 0.05) is 5.92 Å². The lowest BCUT2D eigenvalue weighted by Gasteiger charge is -2.26. The molecule has 72 valence electrons. The zero-order valence-electron chi connectivity index (χ0n) is 7.79. The lowest BCUT2D eigenvalue weighted by atomic mass is 9.89. The number of alkyl halides is 1. The lowest BCUT2D eigenvalue weighted by molar-refractivity contribution is -0.0285. The van der Waals surface area contributed by atoms with Crippen molar-refractivity contribution in [3.63, 3.8) is 0 Å². The Balaban J connectivity index is 2.71. The van der Waals surface area contributed by atoms with Gasteiger partial charge in [-0.25, -0.2) is 4.39 Å². The van der Waals surface area contributed by atoms with Crippen molar-refractivity contribution in [3.05, 3.63) is 0 Å². The van der Waals surface area contributed by atoms with E-state index in [2.05, 4.69) is 0 Å². The van der Waals surface area contributed by atoms with E-state index >= 15 is 0 Å². The first-order valence-corrected chi connectivity index (χ1v) is 4.39. The van der Waals surface area contributed by atoms with Crippen molar-refractivity contribution in [2.45, 2.75) is 45.1 Å². The van der Waals surface area contributed by atoms with Crippen molar-refractivity contribution in [3.8, 4) is 0 Å². The first kappa shape index (κ1) is 9.93. The summed E-state index contributed by atoms with van der Waals surface area (Å²) >= 11 is 0. The molecule has 2 N–H and O–H groups in total. The van der Waals surface area contributed by atoms with E-state index in [1.807, 2.05) is 6.92 Å². The Morgan fingerprint density at radius 3 is 1.92 bits per heavy atom. The second-order valence-electron chi connectivity index (χ2n) is 4.37. The number of aliphatic hydroxyl groups excluding tert-OH is 2. The molecule has 0 aromatic heterocycles. The maximum atomic E-state index is 13.4. The second kappa shape index (κ2) is 2.96. The van der Waals surface area contributed by atoms with E-state index in [0.717, 1.165) is 0 Å². The minimum Gasteiger partial charge on any atom is -0.390 e. The Hall–Kier alpha value is -0.150. The molecule has 1 rings (SSSR count). The molecule has 0 spiro atoms. The number of halogens is 1. The molecule has 0 amide bonds. The quantitative estimate of drug-likeness (QED) is 0.628. The van der Waals surface area contributed by atoms with E-state index in [9.17, 15) is 14.6 Å². The molecule has 2 nitrogen and oxygen atoms in total. The molecular formula is C9H17FO2. The molecule has 0 aromatic carbocycles. The van der Waals surface area contributed by atoms with Crippen LogP contribution in [0.1, 0.15) is 27.2 Å². The third-order valence-electron chi connectivity index (χ3n) is 2.85. The minimum absolute atomic E-state index is 0.0000231. The van der Waals surface area contributed by atoms with Gasteiger partial charge in [0.25, 0.3) is 0 Å². The van der Waals surface area contributed by atoms with Crippen LogP contribution >= 0.6 is 0 Å². The van der Waals surface area contributed by atoms with E-state index in [4.69, 9.17) is 0 Å². The fourth-order valence-electron chi connectivity index (χ4n) is 1.94. The average Bonchev–Trinajstić information content (AvgIpc) is 2.15. The molecule has 1 fully saturated rings. The Morgan fingerprint density at radius 2 is 1.75 bits per heavy atom. The molecule has 0 heterocycles. The van der Waals surface area contributed by atoms with Crippen molar-refractivity contribution in [2.75, 3.05) is 0 Å². The predicted octanol–water partition coefficient (Wildman–Crippen LogP) is 1.11. The average molecular weight is 176 g/mol. The summed E-state index contributed by atoms with van der Waals surface area (Å²) in [6.07, 6.45) is -1.10. The highest BCUT2D eigenvalue weighted by Crippen LogP contribution is 2.39. The SMILES string of the molecule is C[C@@H]1C[C@H](C(C)(C)F)[C@@H](O)[C@H]1O. The summed E-state index contributed by atoms with van der Waals surface area (Å²) in [4.78, 5) is 0. The van der Waals surface area contributed by atoms with Gasteiger partial charge in [-0.15, -0.1) is 0 Å². The molecular weight excluding hydrogens is 159 g/mol. The summed E-state index contributed by atoms with van der Waals surface area (Å²) in [6.45, 7) is 4.73. The van der Waals surface area contributed by atoms with E-state index in [-0.39, 0.29) is 5.92 Å². The van der Waals surface area contributed by atoms with E-state index in [1.165, 1.54) is 13.8 Å². The Labute approximate surface area is 72.4 Å². The Kier molecular flexibility index (Phi) is 2.45. The normalized spacial score (nSPS) is 43.5. The van der Waals surface area contributed by atoms with Crippen LogP contribution in [0.5, 0.6) is 0 Å². The molecule has 3 heteroatoms. The summed E-state index contributed by atoms with van der Waals surface area (Å²) in [7, 11) is 0. The van der Waals surface area contributed by atoms with Gasteiger partial charge >= 0.3 is 0 Å². The summed E-state index contributed by atoms with van der Waals surface area (Å²) < 4.78 is 13.4. The highest BCUT2D eigenvalue weighted by Gasteiger charge is 2.46. The molecule has 1 aliphatic rings. The summed E-state index contributed by atoms with van der Waals surface area (Å²) in [5, 5.41) is 18.9. The van der Waals surface area contributed by atoms with Gasteiger partial charge in [0.1, 0.15) is 5.67 Å². The highest BCUT2D eigenvalue weighted by atomic mass is 19.1. The predicted molar refractivity (Wildman–Crippen MR) is 44.5 cm³/mol. The third-order valence-corrected chi connectivity index (χ3v) is 2.85. The molecule has 0 unspecified atom stereocenters. The summed E-state index contributed by atoms with van der Waals surface area (Å²) in [5.74, 6) is -0.428. The molecule has 0 aliphatic heterocycles. The smallest absolute Gasteiger partial charge is 0.110 e. The van der Waals surface area contributed by atoms with Gasteiger partial charge < -0.3 is 10.2 Å². The fraction of sp³-hybridized carbons (Fsp3) is 1.00. The van der Waals surface area contributed by atoms with Crippen LogP contribution in [0, 0.1) is 11.8 Å². The fourth-order valence-corrected chi connectivity index (χ4v) is 1.94. The molecule has 4 atom stereocenters. The summed E-state index contributed by atoms with van der Waals surface area (Å²) in [5.41, 5.74) is -1.40. The zero-order valence-corrected chi connectivity index (χ0v) is 7.79. The number of hydrogen-bond donors (Lipinski definition) is 2. The van der Waals surface area contributed by atoms with Gasteiger partial charge in [0.2, 0.25) is 0 Å². The first-order chi connectivity index (χ1) is 5.34. The standard InChI is InChI=1S/C9H17FO2/c1-5-4-6(9(2,3)10)8(12)7(5)11/h5-8,11-12H,4H2,1-3H3/t5-,6+,7+,8-/m1/s1. The van der Waals surface area contributed by atoms with Gasteiger partial charge in [0.05, 0.1) is 12.2 Å². The van der Waals surface area contributed by atoms with Crippen molar-refractivity contribution in [2.24, 2.45) is 11.8 Å². The minimum atomic E-state index is -1.40. The second-order valence-corrected chi connectivity index (χ2v) is 4.37. The third kappa shape index (κ3) is 1.62. The number of rotatable bonds is 1. The highest BCUT2D eigenvalue weighted by molar-refractivity contribution is 4.96. The van der Waals surface area contributed by atoms with Crippen LogP contribution in [0.15, 0.2) is 0 Å². The van der Waals surface area contributed by atoms with Gasteiger partial charge in [-0.2, -0.15) is 0 Å². The van der Waals surface area contributed by atoms with Crippen molar-refractivity contribution in [1.29, 1.82) is 0 Å². The van der Waals surface area contributed by atoms with Gasteiger partial charge in [-0.05, 0) is 26.2 Å². The van der Waals surface area contributed by atoms with E-state index in [1.54, 1.807) is 0 Å². The maximum Gasteiger partial charge on any atom is 0.110 e. The van der Waals surface area contributed by atoms with Crippen LogP contribution < -0.4 is 0 Å². The largest absolute Gasteiger partial charge is 0.390 e.